The van der Waals surface area contributed by atoms with Crippen LogP contribution in [0.5, 0.6) is 0 Å². The Morgan fingerprint density at radius 1 is 0.347 bits per heavy atom. The van der Waals surface area contributed by atoms with Crippen LogP contribution in [0, 0.1) is 0 Å². The molecule has 4 nitrogen and oxygen atoms in total. The molecular weight excluding hydrogens is 893 g/mol. The van der Waals surface area contributed by atoms with Gasteiger partial charge in [-0.3, -0.25) is 0 Å². The van der Waals surface area contributed by atoms with Gasteiger partial charge in [-0.1, -0.05) is 190 Å². The van der Waals surface area contributed by atoms with E-state index in [-0.39, 0.29) is 5.41 Å². The van der Waals surface area contributed by atoms with Gasteiger partial charge in [0.05, 0.1) is 16.4 Å². The molecule has 0 fully saturated rings. The van der Waals surface area contributed by atoms with Crippen LogP contribution in [0.2, 0.25) is 0 Å². The van der Waals surface area contributed by atoms with E-state index in [0.29, 0.717) is 17.5 Å². The topological polar surface area (TPSA) is 43.6 Å². The lowest BCUT2D eigenvalue weighted by Gasteiger charge is -2.30. The van der Waals surface area contributed by atoms with Crippen molar-refractivity contribution in [2.45, 2.75) is 24.7 Å². The summed E-state index contributed by atoms with van der Waals surface area (Å²) in [5, 5.41) is 4.81. The minimum Gasteiger partial charge on any atom is -0.309 e. The number of fused-ring (bicyclic) bond motifs is 19. The van der Waals surface area contributed by atoms with Gasteiger partial charge < -0.3 is 4.57 Å². The summed E-state index contributed by atoms with van der Waals surface area (Å²) >= 11 is 1.83. The molecule has 13 aromatic rings. The van der Waals surface area contributed by atoms with Crippen molar-refractivity contribution in [2.75, 3.05) is 0 Å². The predicted octanol–water partition coefficient (Wildman–Crippen LogP) is 17.0. The summed E-state index contributed by atoms with van der Waals surface area (Å²) in [6.07, 6.45) is 0. The van der Waals surface area contributed by atoms with Gasteiger partial charge in [-0.2, -0.15) is 0 Å². The molecule has 0 N–H and O–H groups in total. The third-order valence-corrected chi connectivity index (χ3v) is 17.4. The van der Waals surface area contributed by atoms with Gasteiger partial charge in [0, 0.05) is 58.7 Å². The van der Waals surface area contributed by atoms with E-state index in [1.54, 1.807) is 0 Å². The van der Waals surface area contributed by atoms with Gasteiger partial charge in [-0.15, -0.1) is 11.3 Å². The average Bonchev–Trinajstić information content (AvgIpc) is 4.20. The van der Waals surface area contributed by atoms with Crippen molar-refractivity contribution in [3.63, 3.8) is 0 Å². The normalized spacial score (nSPS) is 14.2. The van der Waals surface area contributed by atoms with Crippen LogP contribution in [0.4, 0.5) is 0 Å². The van der Waals surface area contributed by atoms with Crippen LogP contribution in [0.15, 0.2) is 218 Å². The highest BCUT2D eigenvalue weighted by Crippen LogP contribution is 2.63. The highest BCUT2D eigenvalue weighted by Gasteiger charge is 2.51. The van der Waals surface area contributed by atoms with E-state index in [9.17, 15) is 0 Å². The van der Waals surface area contributed by atoms with Gasteiger partial charge >= 0.3 is 0 Å². The summed E-state index contributed by atoms with van der Waals surface area (Å²) in [6, 6.07) is 80.4. The Labute approximate surface area is 420 Å². The molecule has 0 aliphatic heterocycles. The Hall–Kier alpha value is -8.77. The van der Waals surface area contributed by atoms with E-state index in [4.69, 9.17) is 15.0 Å². The van der Waals surface area contributed by atoms with E-state index in [0.717, 1.165) is 33.3 Å². The zero-order chi connectivity index (χ0) is 47.5. The van der Waals surface area contributed by atoms with Crippen LogP contribution in [0.1, 0.15) is 47.2 Å². The third kappa shape index (κ3) is 5.22. The molecule has 0 atom stereocenters. The minimum atomic E-state index is -0.496. The first-order valence-electron chi connectivity index (χ1n) is 24.8. The SMILES string of the molecule is CC1(C)c2ccccc2-c2cc3c4ccccc4n(-c4cc(-c5nc(-c6ccccc6)nc(-c6ccc7c(c6)C6(c8ccccc8-c8ccccc86)c6ccccc6-7)n5)c5c(c4)sc4ccccc45)c3cc21. The Bertz CT molecular complexity index is 4430. The summed E-state index contributed by atoms with van der Waals surface area (Å²) in [7, 11) is 0. The molecular formula is C67H42N4S. The Morgan fingerprint density at radius 3 is 1.61 bits per heavy atom. The van der Waals surface area contributed by atoms with E-state index in [1.807, 2.05) is 17.4 Å². The molecule has 5 heteroatoms. The molecule has 0 unspecified atom stereocenters. The lowest BCUT2D eigenvalue weighted by Crippen LogP contribution is -2.25. The van der Waals surface area contributed by atoms with Crippen molar-refractivity contribution < 1.29 is 0 Å². The van der Waals surface area contributed by atoms with Gasteiger partial charge in [0.2, 0.25) is 0 Å². The number of rotatable bonds is 4. The maximum Gasteiger partial charge on any atom is 0.164 e. The van der Waals surface area contributed by atoms with Crippen molar-refractivity contribution in [1.29, 1.82) is 0 Å². The van der Waals surface area contributed by atoms with Crippen molar-refractivity contribution in [2.24, 2.45) is 0 Å². The molecule has 336 valence electrons. The average molecular weight is 935 g/mol. The molecule has 10 aromatic carbocycles. The highest BCUT2D eigenvalue weighted by atomic mass is 32.1. The first kappa shape index (κ1) is 40.0. The maximum absolute atomic E-state index is 5.62. The summed E-state index contributed by atoms with van der Waals surface area (Å²) in [4.78, 5) is 16.5. The van der Waals surface area contributed by atoms with Gasteiger partial charge in [-0.25, -0.2) is 15.0 Å². The summed E-state index contributed by atoms with van der Waals surface area (Å²) in [5.41, 5.74) is 21.2. The fourth-order valence-corrected chi connectivity index (χ4v) is 14.3. The quantitative estimate of drug-likeness (QED) is 0.177. The van der Waals surface area contributed by atoms with Crippen molar-refractivity contribution >= 4 is 53.3 Å². The Morgan fingerprint density at radius 2 is 0.903 bits per heavy atom. The summed E-state index contributed by atoms with van der Waals surface area (Å²) < 4.78 is 4.89. The van der Waals surface area contributed by atoms with Crippen LogP contribution >= 0.6 is 11.3 Å². The van der Waals surface area contributed by atoms with Crippen LogP contribution in [0.3, 0.4) is 0 Å². The van der Waals surface area contributed by atoms with Crippen molar-refractivity contribution in [1.82, 2.24) is 19.5 Å². The van der Waals surface area contributed by atoms with E-state index in [2.05, 4.69) is 231 Å². The van der Waals surface area contributed by atoms with Gasteiger partial charge in [0.15, 0.2) is 17.5 Å². The van der Waals surface area contributed by atoms with E-state index < -0.39 is 5.41 Å². The fourth-order valence-electron chi connectivity index (χ4n) is 13.2. The molecule has 3 aliphatic rings. The first-order valence-corrected chi connectivity index (χ1v) is 25.7. The molecule has 0 radical (unpaired) electrons. The van der Waals surface area contributed by atoms with Gasteiger partial charge in [0.1, 0.15) is 0 Å². The van der Waals surface area contributed by atoms with Gasteiger partial charge in [0.25, 0.3) is 0 Å². The van der Waals surface area contributed by atoms with Gasteiger partial charge in [-0.05, 0) is 109 Å². The second-order valence-electron chi connectivity index (χ2n) is 20.2. The lowest BCUT2D eigenvalue weighted by molar-refractivity contribution is 0.661. The monoisotopic (exact) mass is 934 g/mol. The first-order chi connectivity index (χ1) is 35.4. The number of nitrogens with zero attached hydrogens (tertiary/aromatic N) is 4. The van der Waals surface area contributed by atoms with E-state index in [1.165, 1.54) is 97.8 Å². The fraction of sp³-hybridized carbons (Fsp3) is 0.0597. The maximum atomic E-state index is 5.62. The highest BCUT2D eigenvalue weighted by molar-refractivity contribution is 7.26. The number of hydrogen-bond donors (Lipinski definition) is 0. The summed E-state index contributed by atoms with van der Waals surface area (Å²) in [6.45, 7) is 4.73. The van der Waals surface area contributed by atoms with Crippen LogP contribution < -0.4 is 0 Å². The Kier molecular flexibility index (Phi) is 8.01. The number of thiophene rings is 1. The number of benzene rings is 10. The van der Waals surface area contributed by atoms with Crippen LogP contribution in [-0.4, -0.2) is 19.5 Å². The van der Waals surface area contributed by atoms with Crippen molar-refractivity contribution in [3.8, 4) is 73.2 Å². The number of aromatic nitrogens is 4. The van der Waals surface area contributed by atoms with E-state index >= 15 is 0 Å². The second kappa shape index (κ2) is 14.4. The zero-order valence-corrected chi connectivity index (χ0v) is 40.3. The number of hydrogen-bond acceptors (Lipinski definition) is 4. The predicted molar refractivity (Wildman–Crippen MR) is 297 cm³/mol. The minimum absolute atomic E-state index is 0.151. The zero-order valence-electron chi connectivity index (χ0n) is 39.5. The molecule has 1 spiro atoms. The molecule has 0 amide bonds. The lowest BCUT2D eigenvalue weighted by atomic mass is 9.70. The van der Waals surface area contributed by atoms with Crippen LogP contribution in [0.25, 0.3) is 115 Å². The smallest absolute Gasteiger partial charge is 0.164 e. The molecule has 3 aromatic heterocycles. The van der Waals surface area contributed by atoms with Crippen LogP contribution in [-0.2, 0) is 10.8 Å². The molecule has 0 saturated heterocycles. The third-order valence-electron chi connectivity index (χ3n) is 16.3. The van der Waals surface area contributed by atoms with Crippen molar-refractivity contribution in [3.05, 3.63) is 252 Å². The molecule has 3 heterocycles. The molecule has 16 rings (SSSR count). The number of para-hydroxylation sites is 1. The molecule has 72 heavy (non-hydrogen) atoms. The molecule has 3 aliphatic carbocycles. The largest absolute Gasteiger partial charge is 0.309 e. The Balaban J connectivity index is 0.962. The second-order valence-corrected chi connectivity index (χ2v) is 21.3. The summed E-state index contributed by atoms with van der Waals surface area (Å²) in [5.74, 6) is 1.92. The standard InChI is InChI=1S/C67H42N4S/c1-66(2)52-26-12-6-23-45(52)49-37-50-47-24-10-16-30-58(47)71(59(50)38-56(49)66)41-35-51(62-48-25-11-17-31-60(48)72-61(62)36-41)65-69-63(39-18-4-3-5-19-39)68-64(70-65)40-32-33-46-44-22-9-15-29-55(44)67(57(46)34-40)53-27-13-7-20-42(53)43-21-8-14-28-54(43)67/h3-38H,1-2H3. The molecule has 0 bridgehead atoms. The molecule has 0 saturated carbocycles.